The molecule has 1 saturated heterocycles. The number of piperidine rings is 1. The Morgan fingerprint density at radius 1 is 1.62 bits per heavy atom. The summed E-state index contributed by atoms with van der Waals surface area (Å²) in [5, 5.41) is 1.18. The predicted molar refractivity (Wildman–Crippen MR) is 65.6 cm³/mol. The molecule has 1 aromatic rings. The van der Waals surface area contributed by atoms with Crippen LogP contribution in [0.1, 0.15) is 36.6 Å². The lowest BCUT2D eigenvalue weighted by molar-refractivity contribution is -0.123. The summed E-state index contributed by atoms with van der Waals surface area (Å²) in [4.78, 5) is 19.4. The Morgan fingerprint density at radius 3 is 3.06 bits per heavy atom. The molecule has 0 saturated carbocycles. The van der Waals surface area contributed by atoms with E-state index in [0.717, 1.165) is 19.5 Å². The van der Waals surface area contributed by atoms with Gasteiger partial charge in [0.1, 0.15) is 10.8 Å². The summed E-state index contributed by atoms with van der Waals surface area (Å²) in [6.07, 6.45) is 4.44. The van der Waals surface area contributed by atoms with Crippen LogP contribution < -0.4 is 0 Å². The predicted octanol–water partition coefficient (Wildman–Crippen LogP) is 2.26. The van der Waals surface area contributed by atoms with Crippen LogP contribution in [-0.4, -0.2) is 28.3 Å². The second-order valence-corrected chi connectivity index (χ2v) is 5.59. The van der Waals surface area contributed by atoms with Crippen LogP contribution in [-0.2, 0) is 17.8 Å². The third kappa shape index (κ3) is 2.68. The molecule has 1 unspecified atom stereocenters. The van der Waals surface area contributed by atoms with Crippen molar-refractivity contribution in [2.45, 2.75) is 45.7 Å². The summed E-state index contributed by atoms with van der Waals surface area (Å²) in [7, 11) is 0. The molecule has 1 fully saturated rings. The number of nitrogens with zero attached hydrogens (tertiary/aromatic N) is 2. The van der Waals surface area contributed by atoms with Crippen LogP contribution in [0.3, 0.4) is 0 Å². The molecule has 0 radical (unpaired) electrons. The van der Waals surface area contributed by atoms with Gasteiger partial charge in [0.15, 0.2) is 0 Å². The van der Waals surface area contributed by atoms with Crippen molar-refractivity contribution in [1.29, 1.82) is 0 Å². The van der Waals surface area contributed by atoms with Crippen LogP contribution in [0.5, 0.6) is 0 Å². The van der Waals surface area contributed by atoms with Gasteiger partial charge in [-0.3, -0.25) is 9.69 Å². The van der Waals surface area contributed by atoms with Crippen molar-refractivity contribution in [1.82, 2.24) is 9.88 Å². The summed E-state index contributed by atoms with van der Waals surface area (Å²) >= 11 is 1.79. The topological polar surface area (TPSA) is 33.2 Å². The normalized spacial score (nSPS) is 22.6. The lowest BCUT2D eigenvalue weighted by Gasteiger charge is -2.31. The maximum absolute atomic E-state index is 11.3. The molecular formula is C12H18N2OS. The largest absolute Gasteiger partial charge is 0.300 e. The van der Waals surface area contributed by atoms with Crippen molar-refractivity contribution in [3.05, 3.63) is 16.1 Å². The van der Waals surface area contributed by atoms with Crippen molar-refractivity contribution in [3.8, 4) is 0 Å². The second-order valence-electron chi connectivity index (χ2n) is 4.39. The van der Waals surface area contributed by atoms with Crippen molar-refractivity contribution in [3.63, 3.8) is 0 Å². The first-order valence-electron chi connectivity index (χ1n) is 5.88. The lowest BCUT2D eigenvalue weighted by atomic mass is 10.0. The molecule has 16 heavy (non-hydrogen) atoms. The smallest absolute Gasteiger partial charge is 0.135 e. The number of carbonyl (C=O) groups is 1. The van der Waals surface area contributed by atoms with E-state index in [9.17, 15) is 4.79 Å². The quantitative estimate of drug-likeness (QED) is 0.810. The second kappa shape index (κ2) is 5.06. The first-order chi connectivity index (χ1) is 7.69. The maximum atomic E-state index is 11.3. The van der Waals surface area contributed by atoms with Crippen LogP contribution in [0.2, 0.25) is 0 Å². The molecule has 1 aromatic heterocycles. The zero-order valence-corrected chi connectivity index (χ0v) is 10.7. The Hall–Kier alpha value is -0.740. The van der Waals surface area contributed by atoms with Gasteiger partial charge in [-0.05, 0) is 13.3 Å². The van der Waals surface area contributed by atoms with E-state index < -0.39 is 0 Å². The van der Waals surface area contributed by atoms with E-state index in [-0.39, 0.29) is 0 Å². The summed E-state index contributed by atoms with van der Waals surface area (Å²) in [5.74, 6) is 0.400. The van der Waals surface area contributed by atoms with E-state index in [2.05, 4.69) is 23.7 Å². The molecule has 0 N–H and O–H groups in total. The molecule has 2 heterocycles. The minimum Gasteiger partial charge on any atom is -0.300 e. The van der Waals surface area contributed by atoms with Gasteiger partial charge in [0.2, 0.25) is 0 Å². The molecule has 1 aliphatic heterocycles. The minimum atomic E-state index is 0.371. The number of aryl methyl sites for hydroxylation is 1. The maximum Gasteiger partial charge on any atom is 0.135 e. The van der Waals surface area contributed by atoms with Crippen molar-refractivity contribution >= 4 is 17.1 Å². The highest BCUT2D eigenvalue weighted by Crippen LogP contribution is 2.20. The Labute approximate surface area is 100 Å². The average Bonchev–Trinajstić information content (AvgIpc) is 2.70. The number of carbonyl (C=O) groups excluding carboxylic acids is 1. The van der Waals surface area contributed by atoms with Gasteiger partial charge in [0, 0.05) is 36.5 Å². The number of ketones is 1. The SMILES string of the molecule is CCc1cnc(CN2CCC(=O)CC2C)s1. The molecule has 0 bridgehead atoms. The highest BCUT2D eigenvalue weighted by Gasteiger charge is 2.23. The van der Waals surface area contributed by atoms with Crippen LogP contribution in [0.25, 0.3) is 0 Å². The van der Waals surface area contributed by atoms with Gasteiger partial charge in [0.05, 0.1) is 6.54 Å². The molecule has 4 heteroatoms. The van der Waals surface area contributed by atoms with Gasteiger partial charge in [-0.25, -0.2) is 4.98 Å². The number of hydrogen-bond acceptors (Lipinski definition) is 4. The fraction of sp³-hybridized carbons (Fsp3) is 0.667. The molecule has 1 atom stereocenters. The Balaban J connectivity index is 1.96. The zero-order chi connectivity index (χ0) is 11.5. The standard InChI is InChI=1S/C12H18N2OS/c1-3-11-7-13-12(16-11)8-14-5-4-10(15)6-9(14)2/h7,9H,3-6,8H2,1-2H3. The lowest BCUT2D eigenvalue weighted by Crippen LogP contribution is -2.40. The van der Waals surface area contributed by atoms with E-state index in [1.807, 2.05) is 6.20 Å². The Kier molecular flexibility index (Phi) is 3.71. The summed E-state index contributed by atoms with van der Waals surface area (Å²) in [5.41, 5.74) is 0. The molecule has 88 valence electrons. The number of likely N-dealkylation sites (tertiary alicyclic amines) is 1. The molecule has 2 rings (SSSR count). The molecule has 0 amide bonds. The average molecular weight is 238 g/mol. The van der Waals surface area contributed by atoms with Gasteiger partial charge < -0.3 is 0 Å². The van der Waals surface area contributed by atoms with Gasteiger partial charge in [-0.15, -0.1) is 11.3 Å². The van der Waals surface area contributed by atoms with E-state index in [1.165, 1.54) is 9.88 Å². The fourth-order valence-electron chi connectivity index (χ4n) is 2.04. The van der Waals surface area contributed by atoms with Crippen LogP contribution in [0.15, 0.2) is 6.20 Å². The van der Waals surface area contributed by atoms with Crippen LogP contribution in [0.4, 0.5) is 0 Å². The van der Waals surface area contributed by atoms with Crippen LogP contribution >= 0.6 is 11.3 Å². The molecule has 1 aliphatic rings. The highest BCUT2D eigenvalue weighted by atomic mass is 32.1. The summed E-state index contributed by atoms with van der Waals surface area (Å²) in [6, 6.07) is 0.371. The van der Waals surface area contributed by atoms with E-state index in [4.69, 9.17) is 0 Å². The Morgan fingerprint density at radius 2 is 2.44 bits per heavy atom. The minimum absolute atomic E-state index is 0.371. The van der Waals surface area contributed by atoms with Crippen molar-refractivity contribution in [2.75, 3.05) is 6.54 Å². The van der Waals surface area contributed by atoms with Gasteiger partial charge in [-0.1, -0.05) is 6.92 Å². The number of aromatic nitrogens is 1. The molecule has 3 nitrogen and oxygen atoms in total. The van der Waals surface area contributed by atoms with Crippen molar-refractivity contribution < 1.29 is 4.79 Å². The zero-order valence-electron chi connectivity index (χ0n) is 9.90. The number of rotatable bonds is 3. The summed E-state index contributed by atoms with van der Waals surface area (Å²) < 4.78 is 0. The fourth-order valence-corrected chi connectivity index (χ4v) is 2.93. The van der Waals surface area contributed by atoms with Gasteiger partial charge in [0.25, 0.3) is 0 Å². The van der Waals surface area contributed by atoms with E-state index >= 15 is 0 Å². The van der Waals surface area contributed by atoms with E-state index in [1.54, 1.807) is 11.3 Å². The van der Waals surface area contributed by atoms with Crippen molar-refractivity contribution in [2.24, 2.45) is 0 Å². The first-order valence-corrected chi connectivity index (χ1v) is 6.70. The van der Waals surface area contributed by atoms with Crippen LogP contribution in [0, 0.1) is 0 Å². The first kappa shape index (κ1) is 11.7. The molecule has 0 aliphatic carbocycles. The van der Waals surface area contributed by atoms with Gasteiger partial charge in [-0.2, -0.15) is 0 Å². The molecule has 0 spiro atoms. The third-order valence-corrected chi connectivity index (χ3v) is 4.24. The van der Waals surface area contributed by atoms with E-state index in [0.29, 0.717) is 24.7 Å². The Bertz CT molecular complexity index is 375. The monoisotopic (exact) mass is 238 g/mol. The molecular weight excluding hydrogens is 220 g/mol. The number of hydrogen-bond donors (Lipinski definition) is 0. The number of Topliss-reactive ketones (excluding diaryl/α,β-unsaturated/α-hetero) is 1. The summed E-state index contributed by atoms with van der Waals surface area (Å²) in [6.45, 7) is 6.07. The highest BCUT2D eigenvalue weighted by molar-refractivity contribution is 7.11. The third-order valence-electron chi connectivity index (χ3n) is 3.11. The number of thiazole rings is 1. The molecule has 0 aromatic carbocycles. The van der Waals surface area contributed by atoms with Gasteiger partial charge >= 0.3 is 0 Å².